The van der Waals surface area contributed by atoms with Gasteiger partial charge in [0, 0.05) is 16.3 Å². The zero-order valence-electron chi connectivity index (χ0n) is 19.0. The predicted octanol–water partition coefficient (Wildman–Crippen LogP) is 4.77. The van der Waals surface area contributed by atoms with Crippen molar-refractivity contribution in [2.45, 2.75) is 6.92 Å². The lowest BCUT2D eigenvalue weighted by Crippen LogP contribution is -2.30. The molecule has 178 valence electrons. The fraction of sp³-hybridized carbons (Fsp3) is 0.115. The van der Waals surface area contributed by atoms with Gasteiger partial charge in [-0.2, -0.15) is 0 Å². The Morgan fingerprint density at radius 2 is 1.77 bits per heavy atom. The third kappa shape index (κ3) is 5.44. The number of rotatable bonds is 7. The van der Waals surface area contributed by atoms with Crippen molar-refractivity contribution >= 4 is 46.9 Å². The lowest BCUT2D eigenvalue weighted by molar-refractivity contribution is -0.118. The maximum atomic E-state index is 13.0. The van der Waals surface area contributed by atoms with Crippen LogP contribution in [0.1, 0.15) is 11.1 Å². The molecule has 0 atom stereocenters. The van der Waals surface area contributed by atoms with Gasteiger partial charge in [0.1, 0.15) is 5.70 Å². The van der Waals surface area contributed by atoms with Crippen LogP contribution in [0.5, 0.6) is 11.5 Å². The maximum Gasteiger partial charge on any atom is 0.333 e. The summed E-state index contributed by atoms with van der Waals surface area (Å²) in [5.74, 6) is -0.275. The number of aryl methyl sites for hydroxylation is 1. The quantitative estimate of drug-likeness (QED) is 0.366. The first-order valence-electron chi connectivity index (χ1n) is 10.6. The Balaban J connectivity index is 1.54. The van der Waals surface area contributed by atoms with E-state index >= 15 is 0 Å². The lowest BCUT2D eigenvalue weighted by Gasteiger charge is -2.14. The summed E-state index contributed by atoms with van der Waals surface area (Å²) in [5, 5.41) is 5.82. The van der Waals surface area contributed by atoms with E-state index in [4.69, 9.17) is 21.1 Å². The monoisotopic (exact) mass is 491 g/mol. The van der Waals surface area contributed by atoms with Crippen molar-refractivity contribution in [2.24, 2.45) is 0 Å². The third-order valence-electron chi connectivity index (χ3n) is 5.18. The Hall–Kier alpha value is -4.30. The summed E-state index contributed by atoms with van der Waals surface area (Å²) in [5.41, 5.74) is 2.61. The van der Waals surface area contributed by atoms with E-state index in [1.807, 2.05) is 19.1 Å². The van der Waals surface area contributed by atoms with Gasteiger partial charge in [-0.25, -0.2) is 9.69 Å². The number of halogens is 1. The molecule has 0 saturated carbocycles. The van der Waals surface area contributed by atoms with Crippen LogP contribution in [0.4, 0.5) is 16.2 Å². The largest absolute Gasteiger partial charge is 0.493 e. The van der Waals surface area contributed by atoms with Crippen LogP contribution in [-0.2, 0) is 9.59 Å². The van der Waals surface area contributed by atoms with Gasteiger partial charge in [0.2, 0.25) is 0 Å². The highest BCUT2D eigenvalue weighted by Crippen LogP contribution is 2.33. The zero-order chi connectivity index (χ0) is 24.9. The predicted molar refractivity (Wildman–Crippen MR) is 134 cm³/mol. The summed E-state index contributed by atoms with van der Waals surface area (Å²) in [6.45, 7) is 1.67. The number of hydrogen-bond donors (Lipinski definition) is 2. The van der Waals surface area contributed by atoms with Crippen LogP contribution in [0.25, 0.3) is 6.08 Å². The van der Waals surface area contributed by atoms with Gasteiger partial charge >= 0.3 is 6.03 Å². The van der Waals surface area contributed by atoms with E-state index in [0.717, 1.165) is 10.5 Å². The summed E-state index contributed by atoms with van der Waals surface area (Å²) in [4.78, 5) is 38.9. The molecule has 3 aromatic rings. The molecule has 0 radical (unpaired) electrons. The first-order chi connectivity index (χ1) is 16.9. The van der Waals surface area contributed by atoms with Gasteiger partial charge in [-0.1, -0.05) is 41.4 Å². The molecule has 4 rings (SSSR count). The Bertz CT molecular complexity index is 1300. The summed E-state index contributed by atoms with van der Waals surface area (Å²) in [7, 11) is 1.47. The highest BCUT2D eigenvalue weighted by Gasteiger charge is 2.35. The van der Waals surface area contributed by atoms with Crippen LogP contribution >= 0.6 is 11.6 Å². The topological polar surface area (TPSA) is 97.0 Å². The van der Waals surface area contributed by atoms with Gasteiger partial charge in [-0.3, -0.25) is 9.59 Å². The molecule has 0 aliphatic carbocycles. The van der Waals surface area contributed by atoms with Gasteiger partial charge in [-0.05, 0) is 55.5 Å². The van der Waals surface area contributed by atoms with Crippen LogP contribution in [0.15, 0.2) is 72.4 Å². The van der Waals surface area contributed by atoms with Crippen LogP contribution in [0.2, 0.25) is 5.02 Å². The van der Waals surface area contributed by atoms with E-state index in [1.54, 1.807) is 54.6 Å². The fourth-order valence-electron chi connectivity index (χ4n) is 3.45. The standard InChI is InChI=1S/C26H22ClN3O5/c1-16-6-10-19(11-7-16)28-23(31)15-35-24-17(4-3-5-22(24)34-2)14-21-25(32)30(26(33)29-21)20-12-8-18(27)9-13-20/h3-14H,15H2,1-2H3,(H,28,31)(H,29,33)/b21-14+. The number of benzene rings is 3. The van der Waals surface area contributed by atoms with Gasteiger partial charge in [-0.15, -0.1) is 0 Å². The van der Waals surface area contributed by atoms with E-state index in [2.05, 4.69) is 10.6 Å². The van der Waals surface area contributed by atoms with E-state index in [1.165, 1.54) is 13.2 Å². The molecular weight excluding hydrogens is 470 g/mol. The van der Waals surface area contributed by atoms with Crippen molar-refractivity contribution in [3.05, 3.63) is 88.6 Å². The number of nitrogens with one attached hydrogen (secondary N) is 2. The molecule has 1 aliphatic heterocycles. The van der Waals surface area contributed by atoms with Crippen molar-refractivity contribution in [2.75, 3.05) is 23.9 Å². The summed E-state index contributed by atoms with van der Waals surface area (Å²) in [6.07, 6.45) is 1.48. The molecule has 8 nitrogen and oxygen atoms in total. The van der Waals surface area contributed by atoms with E-state index < -0.39 is 11.9 Å². The van der Waals surface area contributed by atoms with Crippen LogP contribution in [-0.4, -0.2) is 31.6 Å². The molecule has 0 bridgehead atoms. The van der Waals surface area contributed by atoms with Crippen molar-refractivity contribution in [3.8, 4) is 11.5 Å². The fourth-order valence-corrected chi connectivity index (χ4v) is 3.57. The number of methoxy groups -OCH3 is 1. The highest BCUT2D eigenvalue weighted by atomic mass is 35.5. The maximum absolute atomic E-state index is 13.0. The third-order valence-corrected chi connectivity index (χ3v) is 5.43. The van der Waals surface area contributed by atoms with Crippen molar-refractivity contribution in [1.29, 1.82) is 0 Å². The SMILES string of the molecule is COc1cccc(/C=C2/NC(=O)N(c3ccc(Cl)cc3)C2=O)c1OCC(=O)Nc1ccc(C)cc1. The molecule has 4 amide bonds. The molecule has 0 aromatic heterocycles. The van der Waals surface area contributed by atoms with Crippen molar-refractivity contribution < 1.29 is 23.9 Å². The highest BCUT2D eigenvalue weighted by molar-refractivity contribution is 6.31. The minimum absolute atomic E-state index is 0.0483. The second kappa shape index (κ2) is 10.3. The number of amides is 4. The molecule has 35 heavy (non-hydrogen) atoms. The average molecular weight is 492 g/mol. The van der Waals surface area contributed by atoms with E-state index in [0.29, 0.717) is 27.7 Å². The average Bonchev–Trinajstić information content (AvgIpc) is 3.12. The number of hydrogen-bond acceptors (Lipinski definition) is 5. The number of carbonyl (C=O) groups excluding carboxylic acids is 3. The molecule has 3 aromatic carbocycles. The molecule has 2 N–H and O–H groups in total. The molecule has 9 heteroatoms. The smallest absolute Gasteiger partial charge is 0.333 e. The lowest BCUT2D eigenvalue weighted by atomic mass is 10.1. The van der Waals surface area contributed by atoms with Crippen molar-refractivity contribution in [3.63, 3.8) is 0 Å². The van der Waals surface area contributed by atoms with E-state index in [9.17, 15) is 14.4 Å². The number of nitrogens with zero attached hydrogens (tertiary/aromatic N) is 1. The molecule has 1 aliphatic rings. The Labute approximate surface area is 207 Å². The summed E-state index contributed by atoms with van der Waals surface area (Å²) in [6, 6.07) is 18.2. The zero-order valence-corrected chi connectivity index (χ0v) is 19.8. The normalized spacial score (nSPS) is 14.1. The Morgan fingerprint density at radius 3 is 2.46 bits per heavy atom. The number of carbonyl (C=O) groups is 3. The molecule has 1 saturated heterocycles. The van der Waals surface area contributed by atoms with Crippen molar-refractivity contribution in [1.82, 2.24) is 5.32 Å². The van der Waals surface area contributed by atoms with Gasteiger partial charge in [0.05, 0.1) is 12.8 Å². The first-order valence-corrected chi connectivity index (χ1v) is 11.0. The molecule has 1 heterocycles. The van der Waals surface area contributed by atoms with Crippen LogP contribution in [0.3, 0.4) is 0 Å². The molecular formula is C26H22ClN3O5. The first kappa shape index (κ1) is 23.8. The number of ether oxygens (including phenoxy) is 2. The van der Waals surface area contributed by atoms with Gasteiger partial charge < -0.3 is 20.1 Å². The second-order valence-electron chi connectivity index (χ2n) is 7.69. The summed E-state index contributed by atoms with van der Waals surface area (Å²) >= 11 is 5.91. The molecule has 1 fully saturated rings. The molecule has 0 unspecified atom stereocenters. The second-order valence-corrected chi connectivity index (χ2v) is 8.12. The van der Waals surface area contributed by atoms with Crippen LogP contribution < -0.4 is 25.0 Å². The van der Waals surface area contributed by atoms with E-state index in [-0.39, 0.29) is 24.0 Å². The Kier molecular flexibility index (Phi) is 7.03. The number of urea groups is 1. The van der Waals surface area contributed by atoms with Gasteiger partial charge in [0.15, 0.2) is 18.1 Å². The number of para-hydroxylation sites is 1. The minimum Gasteiger partial charge on any atom is -0.493 e. The minimum atomic E-state index is -0.591. The van der Waals surface area contributed by atoms with Crippen LogP contribution in [0, 0.1) is 6.92 Å². The van der Waals surface area contributed by atoms with Gasteiger partial charge in [0.25, 0.3) is 11.8 Å². The number of anilines is 2. The number of imide groups is 1. The molecule has 0 spiro atoms. The Morgan fingerprint density at radius 1 is 1.06 bits per heavy atom. The summed E-state index contributed by atoms with van der Waals surface area (Å²) < 4.78 is 11.2.